The molecule has 1 aromatic carbocycles. The first-order valence-electron chi connectivity index (χ1n) is 9.99. The van der Waals surface area contributed by atoms with E-state index in [1.54, 1.807) is 0 Å². The number of halogens is 1. The van der Waals surface area contributed by atoms with Crippen molar-refractivity contribution in [1.82, 2.24) is 9.55 Å². The largest absolute Gasteiger partial charge is 0.347 e. The Hall–Kier alpha value is -2.00. The molecule has 0 bridgehead atoms. The van der Waals surface area contributed by atoms with Gasteiger partial charge in [0, 0.05) is 30.4 Å². The van der Waals surface area contributed by atoms with Gasteiger partial charge in [-0.05, 0) is 68.7 Å². The summed E-state index contributed by atoms with van der Waals surface area (Å²) in [6.45, 7) is 8.79. The Kier molecular flexibility index (Phi) is 4.67. The standard InChI is InChI=1S/C23H27N3.ClH/c1-4-25-16(3)15(2)19-11-13-24-23(22(19)25)26-14-12-17-7-5-6-8-20(17)21(26)18-9-10-18;/h5-8,11,13,18,21H,4,9-10,12,14H2,1-3H3;1H. The lowest BCUT2D eigenvalue weighted by atomic mass is 9.89. The summed E-state index contributed by atoms with van der Waals surface area (Å²) >= 11 is 0. The fourth-order valence-corrected chi connectivity index (χ4v) is 4.94. The highest BCUT2D eigenvalue weighted by molar-refractivity contribution is 5.93. The third-order valence-electron chi connectivity index (χ3n) is 6.51. The van der Waals surface area contributed by atoms with E-state index >= 15 is 0 Å². The van der Waals surface area contributed by atoms with Gasteiger partial charge in [-0.2, -0.15) is 0 Å². The number of aromatic nitrogens is 2. The minimum Gasteiger partial charge on any atom is -0.347 e. The number of fused-ring (bicyclic) bond motifs is 2. The van der Waals surface area contributed by atoms with Crippen molar-refractivity contribution in [2.75, 3.05) is 11.4 Å². The Morgan fingerprint density at radius 1 is 1.11 bits per heavy atom. The van der Waals surface area contributed by atoms with Crippen molar-refractivity contribution in [3.63, 3.8) is 0 Å². The summed E-state index contributed by atoms with van der Waals surface area (Å²) in [4.78, 5) is 7.55. The van der Waals surface area contributed by atoms with E-state index < -0.39 is 0 Å². The molecule has 27 heavy (non-hydrogen) atoms. The molecule has 1 aliphatic carbocycles. The van der Waals surface area contributed by atoms with Crippen LogP contribution in [-0.4, -0.2) is 16.1 Å². The summed E-state index contributed by atoms with van der Waals surface area (Å²) in [5, 5.41) is 1.36. The maximum Gasteiger partial charge on any atom is 0.153 e. The molecule has 1 fully saturated rings. The van der Waals surface area contributed by atoms with Gasteiger partial charge < -0.3 is 9.47 Å². The lowest BCUT2D eigenvalue weighted by Gasteiger charge is -2.39. The summed E-state index contributed by atoms with van der Waals surface area (Å²) in [5.41, 5.74) is 7.16. The van der Waals surface area contributed by atoms with E-state index in [-0.39, 0.29) is 12.4 Å². The molecule has 0 saturated heterocycles. The molecule has 0 spiro atoms. The molecule has 5 rings (SSSR count). The molecule has 3 nitrogen and oxygen atoms in total. The molecule has 1 atom stereocenters. The van der Waals surface area contributed by atoms with Crippen molar-refractivity contribution >= 4 is 29.1 Å². The highest BCUT2D eigenvalue weighted by Gasteiger charge is 2.40. The lowest BCUT2D eigenvalue weighted by Crippen LogP contribution is -2.37. The second-order valence-corrected chi connectivity index (χ2v) is 7.91. The monoisotopic (exact) mass is 381 g/mol. The van der Waals surface area contributed by atoms with Crippen molar-refractivity contribution in [3.05, 3.63) is 58.9 Å². The van der Waals surface area contributed by atoms with E-state index in [1.807, 2.05) is 6.20 Å². The van der Waals surface area contributed by atoms with Crippen LogP contribution in [0.5, 0.6) is 0 Å². The third kappa shape index (κ3) is 2.75. The fraction of sp³-hybridized carbons (Fsp3) is 0.435. The van der Waals surface area contributed by atoms with Crippen LogP contribution in [0.1, 0.15) is 48.2 Å². The minimum absolute atomic E-state index is 0. The third-order valence-corrected chi connectivity index (χ3v) is 6.51. The number of benzene rings is 1. The predicted molar refractivity (Wildman–Crippen MR) is 115 cm³/mol. The SMILES string of the molecule is CCn1c(C)c(C)c2ccnc(N3CCc4ccccc4C3C3CC3)c21.Cl. The Labute approximate surface area is 167 Å². The van der Waals surface area contributed by atoms with Crippen LogP contribution in [0.25, 0.3) is 10.9 Å². The number of anilines is 1. The van der Waals surface area contributed by atoms with Gasteiger partial charge in [0.1, 0.15) is 0 Å². The van der Waals surface area contributed by atoms with Crippen LogP contribution in [-0.2, 0) is 13.0 Å². The van der Waals surface area contributed by atoms with Gasteiger partial charge >= 0.3 is 0 Å². The van der Waals surface area contributed by atoms with Crippen molar-refractivity contribution < 1.29 is 0 Å². The Morgan fingerprint density at radius 2 is 1.89 bits per heavy atom. The van der Waals surface area contributed by atoms with E-state index in [2.05, 4.69) is 60.6 Å². The smallest absolute Gasteiger partial charge is 0.153 e. The van der Waals surface area contributed by atoms with Crippen molar-refractivity contribution in [2.24, 2.45) is 5.92 Å². The van der Waals surface area contributed by atoms with Gasteiger partial charge in [-0.3, -0.25) is 0 Å². The average molecular weight is 382 g/mol. The van der Waals surface area contributed by atoms with Gasteiger partial charge in [0.2, 0.25) is 0 Å². The topological polar surface area (TPSA) is 21.1 Å². The second-order valence-electron chi connectivity index (χ2n) is 7.91. The van der Waals surface area contributed by atoms with Gasteiger partial charge in [-0.15, -0.1) is 12.4 Å². The summed E-state index contributed by atoms with van der Waals surface area (Å²) in [7, 11) is 0. The molecule has 2 aliphatic rings. The number of hydrogen-bond acceptors (Lipinski definition) is 2. The van der Waals surface area contributed by atoms with Crippen LogP contribution in [0.4, 0.5) is 5.82 Å². The lowest BCUT2D eigenvalue weighted by molar-refractivity contribution is 0.523. The van der Waals surface area contributed by atoms with Crippen LogP contribution in [0.2, 0.25) is 0 Å². The number of pyridine rings is 1. The summed E-state index contributed by atoms with van der Waals surface area (Å²) in [6.07, 6.45) is 5.81. The molecule has 1 aliphatic heterocycles. The Balaban J connectivity index is 0.00000180. The summed E-state index contributed by atoms with van der Waals surface area (Å²) < 4.78 is 2.46. The molecule has 3 heterocycles. The van der Waals surface area contributed by atoms with E-state index in [0.717, 1.165) is 25.4 Å². The molecule has 3 aromatic rings. The van der Waals surface area contributed by atoms with Gasteiger partial charge in [0.05, 0.1) is 11.6 Å². The zero-order valence-electron chi connectivity index (χ0n) is 16.4. The quantitative estimate of drug-likeness (QED) is 0.588. The number of hydrogen-bond donors (Lipinski definition) is 0. The van der Waals surface area contributed by atoms with Crippen LogP contribution in [0, 0.1) is 19.8 Å². The first kappa shape index (κ1) is 18.4. The molecule has 0 amide bonds. The first-order valence-corrected chi connectivity index (χ1v) is 9.99. The number of aryl methyl sites for hydroxylation is 2. The normalized spacial score (nSPS) is 19.1. The summed E-state index contributed by atoms with van der Waals surface area (Å²) in [5.74, 6) is 1.97. The van der Waals surface area contributed by atoms with Gasteiger partial charge in [0.25, 0.3) is 0 Å². The van der Waals surface area contributed by atoms with E-state index in [1.165, 1.54) is 51.9 Å². The zero-order chi connectivity index (χ0) is 17.8. The predicted octanol–water partition coefficient (Wildman–Crippen LogP) is 5.61. The highest BCUT2D eigenvalue weighted by atomic mass is 35.5. The maximum absolute atomic E-state index is 4.93. The molecule has 142 valence electrons. The fourth-order valence-electron chi connectivity index (χ4n) is 4.94. The zero-order valence-corrected chi connectivity index (χ0v) is 17.2. The maximum atomic E-state index is 4.93. The molecule has 0 N–H and O–H groups in total. The van der Waals surface area contributed by atoms with Gasteiger partial charge in [0.15, 0.2) is 5.82 Å². The van der Waals surface area contributed by atoms with Crippen LogP contribution < -0.4 is 4.90 Å². The van der Waals surface area contributed by atoms with E-state index in [0.29, 0.717) is 6.04 Å². The molecule has 1 saturated carbocycles. The molecule has 4 heteroatoms. The molecule has 2 aromatic heterocycles. The summed E-state index contributed by atoms with van der Waals surface area (Å²) in [6, 6.07) is 11.7. The number of nitrogens with zero attached hydrogens (tertiary/aromatic N) is 3. The van der Waals surface area contributed by atoms with Crippen LogP contribution >= 0.6 is 12.4 Å². The highest BCUT2D eigenvalue weighted by Crippen LogP contribution is 2.49. The molecule has 0 radical (unpaired) electrons. The van der Waals surface area contributed by atoms with Crippen LogP contribution in [0.3, 0.4) is 0 Å². The second kappa shape index (κ2) is 6.87. The average Bonchev–Trinajstić information content (AvgIpc) is 3.48. The van der Waals surface area contributed by atoms with Crippen molar-refractivity contribution in [3.8, 4) is 0 Å². The van der Waals surface area contributed by atoms with E-state index in [4.69, 9.17) is 4.98 Å². The van der Waals surface area contributed by atoms with E-state index in [9.17, 15) is 0 Å². The van der Waals surface area contributed by atoms with Crippen LogP contribution in [0.15, 0.2) is 36.5 Å². The first-order chi connectivity index (χ1) is 12.7. The van der Waals surface area contributed by atoms with Gasteiger partial charge in [-0.25, -0.2) is 4.98 Å². The minimum atomic E-state index is 0. The van der Waals surface area contributed by atoms with Crippen molar-refractivity contribution in [2.45, 2.75) is 52.6 Å². The number of rotatable bonds is 3. The Bertz CT molecular complexity index is 987. The van der Waals surface area contributed by atoms with Crippen molar-refractivity contribution in [1.29, 1.82) is 0 Å². The molecular weight excluding hydrogens is 354 g/mol. The molecular formula is C23H28ClN3. The Morgan fingerprint density at radius 3 is 2.63 bits per heavy atom. The van der Waals surface area contributed by atoms with Gasteiger partial charge in [-0.1, -0.05) is 24.3 Å². The molecule has 1 unspecified atom stereocenters.